The lowest BCUT2D eigenvalue weighted by Crippen LogP contribution is -2.28. The Kier molecular flexibility index (Phi) is 3.07. The minimum absolute atomic E-state index is 0.419. The van der Waals surface area contributed by atoms with E-state index in [4.69, 9.17) is 5.73 Å². The van der Waals surface area contributed by atoms with E-state index >= 15 is 0 Å². The van der Waals surface area contributed by atoms with E-state index < -0.39 is 0 Å². The molecule has 0 saturated heterocycles. The first-order valence-corrected chi connectivity index (χ1v) is 6.64. The molecule has 1 aromatic heterocycles. The van der Waals surface area contributed by atoms with Crippen molar-refractivity contribution in [3.8, 4) is 0 Å². The largest absolute Gasteiger partial charge is 0.383 e. The summed E-state index contributed by atoms with van der Waals surface area (Å²) in [5.74, 6) is 1.41. The highest BCUT2D eigenvalue weighted by molar-refractivity contribution is 5.54. The number of fused-ring (bicyclic) bond motifs is 1. The van der Waals surface area contributed by atoms with Crippen molar-refractivity contribution in [3.05, 3.63) is 47.3 Å². The standard InChI is InChI=1S/C15H18N4/c1-10-14(16)17-9-18-15(10)19-13-7-6-11-4-2-3-5-12(11)8-13/h2-5,9,13H,6-8H2,1H3,(H3,16,17,18,19). The van der Waals surface area contributed by atoms with Gasteiger partial charge in [-0.1, -0.05) is 24.3 Å². The van der Waals surface area contributed by atoms with Gasteiger partial charge in [0.2, 0.25) is 0 Å². The Labute approximate surface area is 113 Å². The summed E-state index contributed by atoms with van der Waals surface area (Å²) in [5, 5.41) is 3.50. The summed E-state index contributed by atoms with van der Waals surface area (Å²) < 4.78 is 0. The van der Waals surface area contributed by atoms with E-state index in [9.17, 15) is 0 Å². The minimum Gasteiger partial charge on any atom is -0.383 e. The molecule has 1 aliphatic rings. The molecular formula is C15H18N4. The van der Waals surface area contributed by atoms with E-state index in [0.29, 0.717) is 11.9 Å². The van der Waals surface area contributed by atoms with Crippen LogP contribution in [-0.2, 0) is 12.8 Å². The van der Waals surface area contributed by atoms with Gasteiger partial charge in [-0.15, -0.1) is 0 Å². The molecule has 3 N–H and O–H groups in total. The van der Waals surface area contributed by atoms with Crippen molar-refractivity contribution in [2.45, 2.75) is 32.2 Å². The van der Waals surface area contributed by atoms with Gasteiger partial charge in [-0.25, -0.2) is 9.97 Å². The first kappa shape index (κ1) is 12.0. The predicted octanol–water partition coefficient (Wildman–Crippen LogP) is 2.34. The highest BCUT2D eigenvalue weighted by Crippen LogP contribution is 2.24. The quantitative estimate of drug-likeness (QED) is 0.863. The molecule has 98 valence electrons. The van der Waals surface area contributed by atoms with Crippen LogP contribution < -0.4 is 11.1 Å². The van der Waals surface area contributed by atoms with E-state index in [1.54, 1.807) is 0 Å². The summed E-state index contributed by atoms with van der Waals surface area (Å²) in [7, 11) is 0. The molecular weight excluding hydrogens is 236 g/mol. The molecule has 1 aromatic carbocycles. The lowest BCUT2D eigenvalue weighted by molar-refractivity contribution is 0.608. The third kappa shape index (κ3) is 2.38. The second kappa shape index (κ2) is 4.88. The zero-order chi connectivity index (χ0) is 13.2. The van der Waals surface area contributed by atoms with E-state index in [-0.39, 0.29) is 0 Å². The normalized spacial score (nSPS) is 17.8. The van der Waals surface area contributed by atoms with Crippen molar-refractivity contribution in [2.24, 2.45) is 0 Å². The number of aryl methyl sites for hydroxylation is 1. The minimum atomic E-state index is 0.419. The van der Waals surface area contributed by atoms with Crippen molar-refractivity contribution < 1.29 is 0 Å². The van der Waals surface area contributed by atoms with Gasteiger partial charge in [-0.2, -0.15) is 0 Å². The van der Waals surface area contributed by atoms with Crippen LogP contribution in [0.5, 0.6) is 0 Å². The number of hydrogen-bond acceptors (Lipinski definition) is 4. The lowest BCUT2D eigenvalue weighted by Gasteiger charge is -2.26. The average molecular weight is 254 g/mol. The average Bonchev–Trinajstić information content (AvgIpc) is 2.44. The highest BCUT2D eigenvalue weighted by Gasteiger charge is 2.19. The molecule has 1 heterocycles. The van der Waals surface area contributed by atoms with Crippen LogP contribution in [0.15, 0.2) is 30.6 Å². The number of nitrogen functional groups attached to an aromatic ring is 1. The SMILES string of the molecule is Cc1c(N)ncnc1NC1CCc2ccccc2C1. The summed E-state index contributed by atoms with van der Waals surface area (Å²) in [6.07, 6.45) is 4.80. The zero-order valence-corrected chi connectivity index (χ0v) is 11.1. The van der Waals surface area contributed by atoms with Crippen LogP contribution in [0, 0.1) is 6.92 Å². The van der Waals surface area contributed by atoms with Gasteiger partial charge in [0.25, 0.3) is 0 Å². The Morgan fingerprint density at radius 3 is 2.84 bits per heavy atom. The van der Waals surface area contributed by atoms with Crippen LogP contribution in [-0.4, -0.2) is 16.0 Å². The van der Waals surface area contributed by atoms with Crippen LogP contribution in [0.1, 0.15) is 23.1 Å². The summed E-state index contributed by atoms with van der Waals surface area (Å²) in [6, 6.07) is 9.07. The van der Waals surface area contributed by atoms with Crippen LogP contribution in [0.4, 0.5) is 11.6 Å². The van der Waals surface area contributed by atoms with E-state index in [1.165, 1.54) is 17.5 Å². The molecule has 0 fully saturated rings. The van der Waals surface area contributed by atoms with Gasteiger partial charge in [-0.05, 0) is 37.3 Å². The first-order chi connectivity index (χ1) is 9.24. The molecule has 0 amide bonds. The van der Waals surface area contributed by atoms with E-state index in [0.717, 1.165) is 30.6 Å². The topological polar surface area (TPSA) is 63.8 Å². The number of hydrogen-bond donors (Lipinski definition) is 2. The Morgan fingerprint density at radius 1 is 1.21 bits per heavy atom. The second-order valence-electron chi connectivity index (χ2n) is 5.09. The molecule has 0 bridgehead atoms. The second-order valence-corrected chi connectivity index (χ2v) is 5.09. The number of nitrogens with two attached hydrogens (primary N) is 1. The maximum atomic E-state index is 5.81. The fourth-order valence-corrected chi connectivity index (χ4v) is 2.62. The van der Waals surface area contributed by atoms with Crippen LogP contribution in [0.25, 0.3) is 0 Å². The molecule has 4 heteroatoms. The number of nitrogens with one attached hydrogen (secondary N) is 1. The van der Waals surface area contributed by atoms with Crippen LogP contribution in [0.3, 0.4) is 0 Å². The molecule has 2 aromatic rings. The highest BCUT2D eigenvalue weighted by atomic mass is 15.1. The van der Waals surface area contributed by atoms with Crippen molar-refractivity contribution in [1.82, 2.24) is 9.97 Å². The van der Waals surface area contributed by atoms with E-state index in [1.807, 2.05) is 6.92 Å². The molecule has 0 spiro atoms. The number of rotatable bonds is 2. The Bertz CT molecular complexity index is 594. The maximum Gasteiger partial charge on any atom is 0.134 e. The van der Waals surface area contributed by atoms with Gasteiger partial charge in [0.1, 0.15) is 18.0 Å². The van der Waals surface area contributed by atoms with Crippen molar-refractivity contribution in [3.63, 3.8) is 0 Å². The summed E-state index contributed by atoms with van der Waals surface area (Å²) in [4.78, 5) is 8.28. The summed E-state index contributed by atoms with van der Waals surface area (Å²) in [5.41, 5.74) is 9.65. The van der Waals surface area contributed by atoms with Gasteiger partial charge < -0.3 is 11.1 Å². The summed E-state index contributed by atoms with van der Waals surface area (Å²) >= 11 is 0. The van der Waals surface area contributed by atoms with Gasteiger partial charge in [0.05, 0.1) is 0 Å². The van der Waals surface area contributed by atoms with Crippen molar-refractivity contribution in [2.75, 3.05) is 11.1 Å². The zero-order valence-electron chi connectivity index (χ0n) is 11.1. The molecule has 1 atom stereocenters. The molecule has 19 heavy (non-hydrogen) atoms. The predicted molar refractivity (Wildman–Crippen MR) is 77.1 cm³/mol. The van der Waals surface area contributed by atoms with Gasteiger partial charge in [0, 0.05) is 11.6 Å². The first-order valence-electron chi connectivity index (χ1n) is 6.64. The number of nitrogens with zero attached hydrogens (tertiary/aromatic N) is 2. The summed E-state index contributed by atoms with van der Waals surface area (Å²) in [6.45, 7) is 1.95. The van der Waals surface area contributed by atoms with Crippen LogP contribution >= 0.6 is 0 Å². The van der Waals surface area contributed by atoms with E-state index in [2.05, 4.69) is 39.6 Å². The Morgan fingerprint density at radius 2 is 2.00 bits per heavy atom. The number of benzene rings is 1. The molecule has 3 rings (SSSR count). The smallest absolute Gasteiger partial charge is 0.134 e. The molecule has 1 aliphatic carbocycles. The third-order valence-corrected chi connectivity index (χ3v) is 3.81. The maximum absolute atomic E-state index is 5.81. The van der Waals surface area contributed by atoms with Gasteiger partial charge >= 0.3 is 0 Å². The van der Waals surface area contributed by atoms with Gasteiger partial charge in [-0.3, -0.25) is 0 Å². The Hall–Kier alpha value is -2.10. The monoisotopic (exact) mass is 254 g/mol. The molecule has 0 radical (unpaired) electrons. The molecule has 0 aliphatic heterocycles. The molecule has 4 nitrogen and oxygen atoms in total. The number of anilines is 2. The Balaban J connectivity index is 1.77. The number of aromatic nitrogens is 2. The van der Waals surface area contributed by atoms with Crippen LogP contribution in [0.2, 0.25) is 0 Å². The van der Waals surface area contributed by atoms with Gasteiger partial charge in [0.15, 0.2) is 0 Å². The van der Waals surface area contributed by atoms with Crippen molar-refractivity contribution in [1.29, 1.82) is 0 Å². The molecule has 0 saturated carbocycles. The fourth-order valence-electron chi connectivity index (χ4n) is 2.62. The molecule has 1 unspecified atom stereocenters. The lowest BCUT2D eigenvalue weighted by atomic mass is 9.88. The third-order valence-electron chi connectivity index (χ3n) is 3.81. The van der Waals surface area contributed by atoms with Crippen molar-refractivity contribution >= 4 is 11.6 Å². The fraction of sp³-hybridized carbons (Fsp3) is 0.333.